The van der Waals surface area contributed by atoms with E-state index < -0.39 is 0 Å². The Morgan fingerprint density at radius 3 is 2.76 bits per heavy atom. The van der Waals surface area contributed by atoms with Crippen molar-refractivity contribution in [3.8, 4) is 11.5 Å². The first-order valence-electron chi connectivity index (χ1n) is 11.0. The van der Waals surface area contributed by atoms with Crippen molar-refractivity contribution in [2.75, 3.05) is 46.6 Å². The Balaban J connectivity index is 1.27. The number of hydrogen-bond donors (Lipinski definition) is 1. The maximum atomic E-state index is 12.6. The predicted octanol–water partition coefficient (Wildman–Crippen LogP) is 2.10. The minimum absolute atomic E-state index is 0.0924. The minimum atomic E-state index is -0.195. The number of nitrogens with one attached hydrogen (secondary N) is 1. The van der Waals surface area contributed by atoms with Gasteiger partial charge in [-0.25, -0.2) is 4.98 Å². The number of fused-ring (bicyclic) bond motifs is 1. The van der Waals surface area contributed by atoms with Gasteiger partial charge in [0.05, 0.1) is 37.7 Å². The molecule has 0 atom stereocenters. The molecule has 2 heterocycles. The molecule has 0 aliphatic carbocycles. The number of hydrogen-bond acceptors (Lipinski definition) is 6. The molecule has 1 saturated heterocycles. The number of imidazole rings is 1. The molecule has 2 aromatic carbocycles. The predicted molar refractivity (Wildman–Crippen MR) is 123 cm³/mol. The Morgan fingerprint density at radius 1 is 1.12 bits per heavy atom. The van der Waals surface area contributed by atoms with Gasteiger partial charge < -0.3 is 29.0 Å². The molecule has 1 N–H and O–H groups in total. The summed E-state index contributed by atoms with van der Waals surface area (Å²) >= 11 is 0. The number of aryl methyl sites for hydroxylation is 1. The SMILES string of the molecule is COc1cc(C(=O)NCCCn2cnc3ccccc32)ccc1OCC(=O)N1CCOCC1. The van der Waals surface area contributed by atoms with Crippen LogP contribution in [0.25, 0.3) is 11.0 Å². The van der Waals surface area contributed by atoms with Crippen LogP contribution >= 0.6 is 0 Å². The molecule has 0 bridgehead atoms. The topological polar surface area (TPSA) is 94.9 Å². The summed E-state index contributed by atoms with van der Waals surface area (Å²) in [4.78, 5) is 30.9. The van der Waals surface area contributed by atoms with Crippen molar-refractivity contribution >= 4 is 22.8 Å². The summed E-state index contributed by atoms with van der Waals surface area (Å²) in [5.41, 5.74) is 2.51. The summed E-state index contributed by atoms with van der Waals surface area (Å²) in [6.45, 7) is 3.40. The Kier molecular flexibility index (Phi) is 7.41. The van der Waals surface area contributed by atoms with E-state index in [0.717, 1.165) is 24.0 Å². The van der Waals surface area contributed by atoms with Crippen LogP contribution in [0.15, 0.2) is 48.8 Å². The molecule has 0 saturated carbocycles. The van der Waals surface area contributed by atoms with Gasteiger partial charge in [-0.1, -0.05) is 12.1 Å². The Hall–Kier alpha value is -3.59. The zero-order valence-corrected chi connectivity index (χ0v) is 18.7. The molecule has 4 rings (SSSR count). The van der Waals surface area contributed by atoms with E-state index in [1.54, 1.807) is 23.1 Å². The van der Waals surface area contributed by atoms with Gasteiger partial charge in [0, 0.05) is 31.7 Å². The molecule has 0 unspecified atom stereocenters. The molecule has 1 aromatic heterocycles. The van der Waals surface area contributed by atoms with E-state index in [4.69, 9.17) is 14.2 Å². The molecule has 0 radical (unpaired) electrons. The number of carbonyl (C=O) groups is 2. The number of amides is 2. The highest BCUT2D eigenvalue weighted by Gasteiger charge is 2.18. The van der Waals surface area contributed by atoms with E-state index in [9.17, 15) is 9.59 Å². The van der Waals surface area contributed by atoms with Crippen molar-refractivity contribution in [3.63, 3.8) is 0 Å². The van der Waals surface area contributed by atoms with Crippen molar-refractivity contribution < 1.29 is 23.8 Å². The van der Waals surface area contributed by atoms with Crippen LogP contribution in [0.5, 0.6) is 11.5 Å². The van der Waals surface area contributed by atoms with Crippen molar-refractivity contribution in [1.82, 2.24) is 19.8 Å². The van der Waals surface area contributed by atoms with Crippen molar-refractivity contribution in [1.29, 1.82) is 0 Å². The van der Waals surface area contributed by atoms with Crippen molar-refractivity contribution in [3.05, 3.63) is 54.4 Å². The van der Waals surface area contributed by atoms with Crippen LogP contribution in [0, 0.1) is 0 Å². The third-order valence-electron chi connectivity index (χ3n) is 5.53. The van der Waals surface area contributed by atoms with Crippen LogP contribution in [-0.4, -0.2) is 72.8 Å². The highest BCUT2D eigenvalue weighted by atomic mass is 16.5. The van der Waals surface area contributed by atoms with Crippen molar-refractivity contribution in [2.45, 2.75) is 13.0 Å². The molecular weight excluding hydrogens is 424 g/mol. The maximum absolute atomic E-state index is 12.6. The third kappa shape index (κ3) is 5.61. The van der Waals surface area contributed by atoms with E-state index in [1.165, 1.54) is 7.11 Å². The second kappa shape index (κ2) is 10.8. The Morgan fingerprint density at radius 2 is 1.94 bits per heavy atom. The van der Waals surface area contributed by atoms with Gasteiger partial charge in [-0.2, -0.15) is 0 Å². The summed E-state index contributed by atoms with van der Waals surface area (Å²) in [5, 5.41) is 2.93. The quantitative estimate of drug-likeness (QED) is 0.500. The highest BCUT2D eigenvalue weighted by molar-refractivity contribution is 5.94. The molecule has 9 nitrogen and oxygen atoms in total. The normalized spacial score (nSPS) is 13.7. The van der Waals surface area contributed by atoms with Gasteiger partial charge in [0.1, 0.15) is 0 Å². The number of benzene rings is 2. The fourth-order valence-corrected chi connectivity index (χ4v) is 3.71. The zero-order chi connectivity index (χ0) is 23.0. The van der Waals surface area contributed by atoms with Gasteiger partial charge in [0.25, 0.3) is 11.8 Å². The van der Waals surface area contributed by atoms with Gasteiger partial charge in [-0.15, -0.1) is 0 Å². The third-order valence-corrected chi connectivity index (χ3v) is 5.53. The molecule has 1 aliphatic heterocycles. The largest absolute Gasteiger partial charge is 0.493 e. The van der Waals surface area contributed by atoms with E-state index >= 15 is 0 Å². The summed E-state index contributed by atoms with van der Waals surface area (Å²) in [6.07, 6.45) is 2.59. The fraction of sp³-hybridized carbons (Fsp3) is 0.375. The molecule has 1 fully saturated rings. The standard InChI is InChI=1S/C24H28N4O5/c1-31-22-15-18(7-8-21(22)33-16-23(29)27-11-13-32-14-12-27)24(30)25-9-4-10-28-17-26-19-5-2-3-6-20(19)28/h2-3,5-8,15,17H,4,9-14,16H2,1H3,(H,25,30). The number of carbonyl (C=O) groups excluding carboxylic acids is 2. The van der Waals surface area contributed by atoms with Crippen molar-refractivity contribution in [2.24, 2.45) is 0 Å². The monoisotopic (exact) mass is 452 g/mol. The number of rotatable bonds is 9. The van der Waals surface area contributed by atoms with Crippen LogP contribution in [0.1, 0.15) is 16.8 Å². The average molecular weight is 453 g/mol. The molecule has 9 heteroatoms. The Bertz CT molecular complexity index is 1110. The fourth-order valence-electron chi connectivity index (χ4n) is 3.71. The lowest BCUT2D eigenvalue weighted by atomic mass is 10.2. The summed E-state index contributed by atoms with van der Waals surface area (Å²) in [5.74, 6) is 0.525. The highest BCUT2D eigenvalue weighted by Crippen LogP contribution is 2.28. The van der Waals surface area contributed by atoms with E-state index in [1.807, 2.05) is 30.6 Å². The first-order chi connectivity index (χ1) is 16.2. The summed E-state index contributed by atoms with van der Waals surface area (Å²) < 4.78 is 18.4. The minimum Gasteiger partial charge on any atom is -0.493 e. The first-order valence-corrected chi connectivity index (χ1v) is 11.0. The van der Waals surface area contributed by atoms with Crippen LogP contribution < -0.4 is 14.8 Å². The van der Waals surface area contributed by atoms with Crippen LogP contribution in [0.4, 0.5) is 0 Å². The molecule has 174 valence electrons. The zero-order valence-electron chi connectivity index (χ0n) is 18.7. The van der Waals surface area contributed by atoms with Gasteiger partial charge >= 0.3 is 0 Å². The van der Waals surface area contributed by atoms with Crippen LogP contribution in [0.2, 0.25) is 0 Å². The maximum Gasteiger partial charge on any atom is 0.260 e. The lowest BCUT2D eigenvalue weighted by molar-refractivity contribution is -0.137. The molecule has 2 amide bonds. The molecule has 33 heavy (non-hydrogen) atoms. The smallest absolute Gasteiger partial charge is 0.260 e. The number of morpholine rings is 1. The van der Waals surface area contributed by atoms with Crippen LogP contribution in [-0.2, 0) is 16.1 Å². The molecule has 0 spiro atoms. The summed E-state index contributed by atoms with van der Waals surface area (Å²) in [7, 11) is 1.50. The molecule has 1 aliphatic rings. The lowest BCUT2D eigenvalue weighted by Crippen LogP contribution is -2.43. The summed E-state index contributed by atoms with van der Waals surface area (Å²) in [6, 6.07) is 12.9. The van der Waals surface area contributed by atoms with Gasteiger partial charge in [-0.3, -0.25) is 9.59 Å². The number of para-hydroxylation sites is 2. The number of methoxy groups -OCH3 is 1. The Labute approximate surface area is 192 Å². The lowest BCUT2D eigenvalue weighted by Gasteiger charge is -2.26. The van der Waals surface area contributed by atoms with E-state index in [-0.39, 0.29) is 18.4 Å². The van der Waals surface area contributed by atoms with Gasteiger partial charge in [-0.05, 0) is 36.8 Å². The molecular formula is C24H28N4O5. The first kappa shape index (κ1) is 22.6. The second-order valence-corrected chi connectivity index (χ2v) is 7.68. The second-order valence-electron chi connectivity index (χ2n) is 7.68. The van der Waals surface area contributed by atoms with Gasteiger partial charge in [0.2, 0.25) is 0 Å². The number of aromatic nitrogens is 2. The van der Waals surface area contributed by atoms with Gasteiger partial charge in [0.15, 0.2) is 18.1 Å². The number of nitrogens with zero attached hydrogens (tertiary/aromatic N) is 3. The molecule has 3 aromatic rings. The van der Waals surface area contributed by atoms with E-state index in [0.29, 0.717) is 49.9 Å². The van der Waals surface area contributed by atoms with E-state index in [2.05, 4.69) is 14.9 Å². The average Bonchev–Trinajstić information content (AvgIpc) is 3.28. The number of ether oxygens (including phenoxy) is 3. The van der Waals surface area contributed by atoms with Crippen LogP contribution in [0.3, 0.4) is 0 Å².